The SMILES string of the molecule is N#CC12C3C(O)C(O)C1C2C3O. The second-order valence-corrected chi connectivity index (χ2v) is 4.09. The van der Waals surface area contributed by atoms with Crippen molar-refractivity contribution in [1.82, 2.24) is 0 Å². The van der Waals surface area contributed by atoms with Crippen molar-refractivity contribution in [3.8, 4) is 6.07 Å². The highest BCUT2D eigenvalue weighted by atomic mass is 16.3. The highest BCUT2D eigenvalue weighted by molar-refractivity contribution is 5.42. The Balaban J connectivity index is 2.04. The van der Waals surface area contributed by atoms with Crippen molar-refractivity contribution in [3.63, 3.8) is 0 Å². The van der Waals surface area contributed by atoms with Crippen LogP contribution in [0.15, 0.2) is 0 Å². The van der Waals surface area contributed by atoms with Crippen molar-refractivity contribution >= 4 is 0 Å². The number of nitriles is 1. The molecule has 0 saturated heterocycles. The third-order valence-corrected chi connectivity index (χ3v) is 3.95. The number of hydrogen-bond donors (Lipinski definition) is 3. The number of fused-ring (bicyclic) bond motifs is 1. The lowest BCUT2D eigenvalue weighted by molar-refractivity contribution is -0.121. The molecule has 3 N–H and O–H groups in total. The highest BCUT2D eigenvalue weighted by Crippen LogP contribution is 2.81. The Hall–Kier alpha value is -0.630. The van der Waals surface area contributed by atoms with Crippen molar-refractivity contribution < 1.29 is 15.3 Å². The molecule has 0 amide bonds. The molecule has 3 fully saturated rings. The molecule has 7 atom stereocenters. The van der Waals surface area contributed by atoms with Crippen LogP contribution in [-0.4, -0.2) is 33.6 Å². The van der Waals surface area contributed by atoms with Gasteiger partial charge in [-0.05, 0) is 0 Å². The first kappa shape index (κ1) is 6.84. The maximum Gasteiger partial charge on any atom is 0.0871 e. The van der Waals surface area contributed by atoms with Crippen LogP contribution in [-0.2, 0) is 0 Å². The second-order valence-electron chi connectivity index (χ2n) is 4.09. The van der Waals surface area contributed by atoms with Gasteiger partial charge in [-0.2, -0.15) is 5.26 Å². The summed E-state index contributed by atoms with van der Waals surface area (Å²) in [6.07, 6.45) is -2.24. The van der Waals surface area contributed by atoms with Crippen molar-refractivity contribution in [2.75, 3.05) is 0 Å². The van der Waals surface area contributed by atoms with E-state index in [9.17, 15) is 15.3 Å². The van der Waals surface area contributed by atoms with Crippen LogP contribution >= 0.6 is 0 Å². The largest absolute Gasteiger partial charge is 0.392 e. The quantitative estimate of drug-likeness (QED) is 0.408. The van der Waals surface area contributed by atoms with Crippen LogP contribution in [0.5, 0.6) is 0 Å². The molecule has 0 aromatic heterocycles. The van der Waals surface area contributed by atoms with Crippen molar-refractivity contribution in [2.45, 2.75) is 18.3 Å². The van der Waals surface area contributed by atoms with Gasteiger partial charge in [0, 0.05) is 17.8 Å². The Bertz CT molecular complexity index is 299. The average Bonchev–Trinajstić information content (AvgIpc) is 2.59. The Morgan fingerprint density at radius 2 is 1.42 bits per heavy atom. The average molecular weight is 167 g/mol. The summed E-state index contributed by atoms with van der Waals surface area (Å²) in [5.41, 5.74) is -0.571. The predicted molar refractivity (Wildman–Crippen MR) is 36.5 cm³/mol. The molecule has 4 heteroatoms. The zero-order valence-electron chi connectivity index (χ0n) is 6.25. The van der Waals surface area contributed by atoms with Gasteiger partial charge < -0.3 is 15.3 Å². The highest BCUT2D eigenvalue weighted by Gasteiger charge is 2.90. The molecule has 0 heterocycles. The monoisotopic (exact) mass is 167 g/mol. The fourth-order valence-electron chi connectivity index (χ4n) is 3.42. The molecule has 3 saturated carbocycles. The van der Waals surface area contributed by atoms with E-state index in [0.29, 0.717) is 0 Å². The molecule has 0 aliphatic heterocycles. The van der Waals surface area contributed by atoms with Crippen LogP contribution in [0.3, 0.4) is 0 Å². The lowest BCUT2D eigenvalue weighted by Gasteiger charge is -2.39. The number of aliphatic hydroxyl groups excluding tert-OH is 3. The molecular weight excluding hydrogens is 158 g/mol. The fraction of sp³-hybridized carbons (Fsp3) is 0.875. The van der Waals surface area contributed by atoms with Gasteiger partial charge in [0.25, 0.3) is 0 Å². The number of rotatable bonds is 0. The summed E-state index contributed by atoms with van der Waals surface area (Å²) in [6, 6.07) is 2.13. The van der Waals surface area contributed by atoms with E-state index in [1.54, 1.807) is 0 Å². The zero-order valence-corrected chi connectivity index (χ0v) is 6.25. The van der Waals surface area contributed by atoms with E-state index in [-0.39, 0.29) is 11.8 Å². The summed E-state index contributed by atoms with van der Waals surface area (Å²) in [5.74, 6) is -0.629. The maximum atomic E-state index is 9.41. The first-order valence-electron chi connectivity index (χ1n) is 4.11. The van der Waals surface area contributed by atoms with Gasteiger partial charge in [0.15, 0.2) is 0 Å². The second kappa shape index (κ2) is 1.53. The molecule has 12 heavy (non-hydrogen) atoms. The summed E-state index contributed by atoms with van der Waals surface area (Å²) < 4.78 is 0. The first-order chi connectivity index (χ1) is 5.66. The lowest BCUT2D eigenvalue weighted by Crippen LogP contribution is -2.52. The van der Waals surface area contributed by atoms with E-state index in [4.69, 9.17) is 5.26 Å². The minimum atomic E-state index is -0.894. The van der Waals surface area contributed by atoms with Gasteiger partial charge in [-0.3, -0.25) is 0 Å². The Labute approximate surface area is 69.1 Å². The van der Waals surface area contributed by atoms with E-state index in [0.717, 1.165) is 0 Å². The zero-order chi connectivity index (χ0) is 8.67. The van der Waals surface area contributed by atoms with Gasteiger partial charge in [0.05, 0.1) is 29.8 Å². The maximum absolute atomic E-state index is 9.41. The standard InChI is InChI=1S/C8H9NO3/c9-1-8-2-3(8)6(11)7(12)4(8)5(2)10/h2-7,10-12H. The number of aliphatic hydroxyl groups is 3. The molecule has 3 aliphatic rings. The predicted octanol–water partition coefficient (Wildman–Crippen LogP) is -1.53. The number of hydrogen-bond acceptors (Lipinski definition) is 4. The normalized spacial score (nSPS) is 71.2. The van der Waals surface area contributed by atoms with Gasteiger partial charge >= 0.3 is 0 Å². The summed E-state index contributed by atoms with van der Waals surface area (Å²) in [4.78, 5) is 0. The molecule has 7 unspecified atom stereocenters. The molecular formula is C8H9NO3. The first-order valence-corrected chi connectivity index (χ1v) is 4.11. The summed E-state index contributed by atoms with van der Waals surface area (Å²) in [5, 5.41) is 37.1. The molecule has 0 bridgehead atoms. The molecule has 0 radical (unpaired) electrons. The molecule has 0 aromatic rings. The number of nitrogens with zero attached hydrogens (tertiary/aromatic N) is 1. The summed E-state index contributed by atoms with van der Waals surface area (Å²) >= 11 is 0. The van der Waals surface area contributed by atoms with E-state index in [1.807, 2.05) is 0 Å². The van der Waals surface area contributed by atoms with E-state index in [2.05, 4.69) is 6.07 Å². The van der Waals surface area contributed by atoms with Gasteiger partial charge in [-0.15, -0.1) is 0 Å². The Morgan fingerprint density at radius 1 is 0.917 bits per heavy atom. The topological polar surface area (TPSA) is 84.5 Å². The van der Waals surface area contributed by atoms with E-state index < -0.39 is 29.6 Å². The Kier molecular flexibility index (Phi) is 0.874. The van der Waals surface area contributed by atoms with Gasteiger partial charge in [0.1, 0.15) is 0 Å². The molecule has 0 spiro atoms. The van der Waals surface area contributed by atoms with E-state index in [1.165, 1.54) is 0 Å². The van der Waals surface area contributed by atoms with Crippen LogP contribution in [0.1, 0.15) is 0 Å². The van der Waals surface area contributed by atoms with Gasteiger partial charge in [-0.1, -0.05) is 0 Å². The van der Waals surface area contributed by atoms with Crippen LogP contribution in [0.2, 0.25) is 0 Å². The molecule has 4 nitrogen and oxygen atoms in total. The summed E-state index contributed by atoms with van der Waals surface area (Å²) in [7, 11) is 0. The summed E-state index contributed by atoms with van der Waals surface area (Å²) in [6.45, 7) is 0. The van der Waals surface area contributed by atoms with Crippen LogP contribution in [0, 0.1) is 34.5 Å². The molecule has 0 aromatic carbocycles. The van der Waals surface area contributed by atoms with Crippen molar-refractivity contribution in [2.24, 2.45) is 23.2 Å². The Morgan fingerprint density at radius 3 is 1.83 bits per heavy atom. The van der Waals surface area contributed by atoms with Crippen LogP contribution < -0.4 is 0 Å². The van der Waals surface area contributed by atoms with Crippen LogP contribution in [0.25, 0.3) is 0 Å². The lowest BCUT2D eigenvalue weighted by atomic mass is 9.69. The third-order valence-electron chi connectivity index (χ3n) is 3.95. The van der Waals surface area contributed by atoms with Crippen molar-refractivity contribution in [1.29, 1.82) is 5.26 Å². The van der Waals surface area contributed by atoms with Crippen molar-refractivity contribution in [3.05, 3.63) is 0 Å². The fourth-order valence-corrected chi connectivity index (χ4v) is 3.42. The van der Waals surface area contributed by atoms with Crippen LogP contribution in [0.4, 0.5) is 0 Å². The van der Waals surface area contributed by atoms with Gasteiger partial charge in [-0.25, -0.2) is 0 Å². The van der Waals surface area contributed by atoms with E-state index >= 15 is 0 Å². The molecule has 3 rings (SSSR count). The molecule has 3 aliphatic carbocycles. The molecule has 64 valence electrons. The minimum Gasteiger partial charge on any atom is -0.392 e. The smallest absolute Gasteiger partial charge is 0.0871 e. The minimum absolute atomic E-state index is 0.0640. The van der Waals surface area contributed by atoms with Gasteiger partial charge in [0.2, 0.25) is 0 Å². The third kappa shape index (κ3) is 0.366.